The van der Waals surface area contributed by atoms with Gasteiger partial charge in [-0.05, 0) is 28.5 Å². The zero-order chi connectivity index (χ0) is 28.2. The number of ether oxygens (including phenoxy) is 2. The zero-order valence-corrected chi connectivity index (χ0v) is 23.9. The van der Waals surface area contributed by atoms with Crippen molar-refractivity contribution < 1.29 is 23.9 Å². The van der Waals surface area contributed by atoms with Gasteiger partial charge in [-0.2, -0.15) is 0 Å². The first kappa shape index (κ1) is 27.7. The van der Waals surface area contributed by atoms with E-state index < -0.39 is 15.9 Å². The quantitative estimate of drug-likeness (QED) is 0.286. The molecule has 2 aromatic rings. The number of hydrogen-bond acceptors (Lipinski definition) is 6. The molecule has 5 rings (SSSR count). The summed E-state index contributed by atoms with van der Waals surface area (Å²) in [4.78, 5) is 45.7. The van der Waals surface area contributed by atoms with Gasteiger partial charge in [0.05, 0.1) is 25.2 Å². The Kier molecular flexibility index (Phi) is 7.08. The summed E-state index contributed by atoms with van der Waals surface area (Å²) < 4.78 is 11.7. The first-order valence-electron chi connectivity index (χ1n) is 13.7. The molecule has 0 saturated carbocycles. The molecule has 14 heteroatoms. The monoisotopic (exact) mass is 521 g/mol. The molecule has 2 aromatic carbocycles. The van der Waals surface area contributed by atoms with Crippen molar-refractivity contribution in [3.63, 3.8) is 0 Å². The fraction of sp³-hybridized carbons (Fsp3) is 0.400. The highest BCUT2D eigenvalue weighted by molar-refractivity contribution is 6.68. The van der Waals surface area contributed by atoms with Crippen LogP contribution in [0.25, 0.3) is 0 Å². The lowest BCUT2D eigenvalue weighted by Gasteiger charge is -2.61. The number of imide groups is 1. The highest BCUT2D eigenvalue weighted by atomic mass is 16.5. The van der Waals surface area contributed by atoms with Crippen LogP contribution in [0.15, 0.2) is 42.5 Å². The topological polar surface area (TPSA) is 79.4 Å². The molecule has 0 aliphatic carbocycles. The van der Waals surface area contributed by atoms with Gasteiger partial charge in [-0.1, -0.05) is 35.5 Å². The van der Waals surface area contributed by atoms with Gasteiger partial charge in [0.2, 0.25) is 19.8 Å². The third kappa shape index (κ3) is 4.36. The van der Waals surface area contributed by atoms with Crippen molar-refractivity contribution in [2.24, 2.45) is 0 Å². The molecule has 196 valence electrons. The number of morpholine rings is 1. The Balaban J connectivity index is 1.34. The number of amides is 3. The summed E-state index contributed by atoms with van der Waals surface area (Å²) in [6, 6.07) is 13.9. The summed E-state index contributed by atoms with van der Waals surface area (Å²) in [5.41, 5.74) is 2.38. The van der Waals surface area contributed by atoms with Crippen LogP contribution in [0.4, 0.5) is 0 Å². The van der Waals surface area contributed by atoms with E-state index in [1.54, 1.807) is 18.8 Å². The van der Waals surface area contributed by atoms with Crippen LogP contribution in [0.3, 0.4) is 0 Å². The first-order chi connectivity index (χ1) is 18.4. The normalized spacial score (nSPS) is 24.6. The second-order valence-electron chi connectivity index (χ2n) is 12.2. The standard InChI is InChI=1S/C25H33B6N3O5/c26-23(27)21(36)34(31)22(37)24(28,25(23,29)30)33-13-18-17(20(33)35)2-1-3-19(18)39-14-16-6-4-15(5-7-16)12-32-8-10-38-11-9-32/h1-7H,8-14,26-31H2. The lowest BCUT2D eigenvalue weighted by molar-refractivity contribution is -0.149. The van der Waals surface area contributed by atoms with Gasteiger partial charge in [0.15, 0.2) is 0 Å². The Morgan fingerprint density at radius 1 is 0.872 bits per heavy atom. The van der Waals surface area contributed by atoms with Crippen molar-refractivity contribution in [2.75, 3.05) is 26.3 Å². The number of rotatable bonds is 6. The molecule has 0 radical (unpaired) electrons. The maximum Gasteiger partial charge on any atom is 0.254 e. The van der Waals surface area contributed by atoms with Gasteiger partial charge >= 0.3 is 0 Å². The first-order valence-corrected chi connectivity index (χ1v) is 13.7. The molecular weight excluding hydrogens is 487 g/mol. The summed E-state index contributed by atoms with van der Waals surface area (Å²) in [6.07, 6.45) is 0. The molecule has 3 heterocycles. The third-order valence-electron chi connectivity index (χ3n) is 9.73. The van der Waals surface area contributed by atoms with E-state index >= 15 is 0 Å². The maximum absolute atomic E-state index is 13.8. The Bertz CT molecular complexity index is 1320. The molecule has 2 fully saturated rings. The predicted octanol–water partition coefficient (Wildman–Crippen LogP) is -3.94. The number of nitrogens with zero attached hydrogens (tertiary/aromatic N) is 3. The minimum atomic E-state index is -1.22. The molecule has 2 saturated heterocycles. The number of piperidine rings is 1. The number of benzene rings is 2. The van der Waals surface area contributed by atoms with Crippen molar-refractivity contribution in [1.82, 2.24) is 14.6 Å². The molecule has 0 spiro atoms. The number of hydrogen-bond donors (Lipinski definition) is 0. The van der Waals surface area contributed by atoms with Crippen LogP contribution >= 0.6 is 0 Å². The van der Waals surface area contributed by atoms with Gasteiger partial charge in [0.1, 0.15) is 51.6 Å². The van der Waals surface area contributed by atoms with Crippen LogP contribution in [-0.4, -0.2) is 111 Å². The van der Waals surface area contributed by atoms with Gasteiger partial charge < -0.3 is 19.2 Å². The molecule has 1 atom stereocenters. The van der Waals surface area contributed by atoms with Crippen molar-refractivity contribution >= 4 is 64.9 Å². The molecule has 39 heavy (non-hydrogen) atoms. The Morgan fingerprint density at radius 2 is 1.51 bits per heavy atom. The third-order valence-corrected chi connectivity index (χ3v) is 9.73. The van der Waals surface area contributed by atoms with Crippen molar-refractivity contribution in [3.8, 4) is 5.75 Å². The van der Waals surface area contributed by atoms with Gasteiger partial charge in [-0.3, -0.25) is 19.3 Å². The average Bonchev–Trinajstić information content (AvgIpc) is 3.28. The second-order valence-corrected chi connectivity index (χ2v) is 12.2. The average molecular weight is 520 g/mol. The fourth-order valence-corrected chi connectivity index (χ4v) is 6.15. The minimum absolute atomic E-state index is 0.217. The van der Waals surface area contributed by atoms with E-state index in [1.807, 2.05) is 43.5 Å². The molecule has 8 nitrogen and oxygen atoms in total. The van der Waals surface area contributed by atoms with E-state index in [9.17, 15) is 14.4 Å². The van der Waals surface area contributed by atoms with E-state index in [-0.39, 0.29) is 24.3 Å². The lowest BCUT2D eigenvalue weighted by Crippen LogP contribution is -2.75. The van der Waals surface area contributed by atoms with Crippen molar-refractivity contribution in [3.05, 3.63) is 64.7 Å². The molecule has 1 unspecified atom stereocenters. The smallest absolute Gasteiger partial charge is 0.254 e. The predicted molar refractivity (Wildman–Crippen MR) is 164 cm³/mol. The molecule has 3 aliphatic heterocycles. The molecule has 0 N–H and O–H groups in total. The van der Waals surface area contributed by atoms with E-state index in [4.69, 9.17) is 9.47 Å². The summed E-state index contributed by atoms with van der Waals surface area (Å²) >= 11 is 0. The van der Waals surface area contributed by atoms with Crippen molar-refractivity contribution in [1.29, 1.82) is 0 Å². The Labute approximate surface area is 235 Å². The van der Waals surface area contributed by atoms with E-state index in [1.165, 1.54) is 18.4 Å². The van der Waals surface area contributed by atoms with Crippen LogP contribution in [-0.2, 0) is 34.0 Å². The minimum Gasteiger partial charge on any atom is -0.489 e. The highest BCUT2D eigenvalue weighted by Gasteiger charge is 2.65. The Morgan fingerprint density at radius 3 is 2.18 bits per heavy atom. The van der Waals surface area contributed by atoms with Crippen LogP contribution in [0.2, 0.25) is 10.4 Å². The fourth-order valence-electron chi connectivity index (χ4n) is 6.15. The van der Waals surface area contributed by atoms with E-state index in [0.717, 1.165) is 44.0 Å². The van der Waals surface area contributed by atoms with Crippen LogP contribution in [0.5, 0.6) is 5.75 Å². The molecule has 3 amide bonds. The summed E-state index contributed by atoms with van der Waals surface area (Å²) in [5, 5.41) is -1.67. The summed E-state index contributed by atoms with van der Waals surface area (Å²) in [6.45, 7) is 4.98. The molecule has 0 bridgehead atoms. The molecule has 3 aliphatic rings. The van der Waals surface area contributed by atoms with E-state index in [2.05, 4.69) is 29.2 Å². The van der Waals surface area contributed by atoms with Gasteiger partial charge in [0.25, 0.3) is 5.91 Å². The van der Waals surface area contributed by atoms with E-state index in [0.29, 0.717) is 17.9 Å². The summed E-state index contributed by atoms with van der Waals surface area (Å²) in [7, 11) is 10.8. The van der Waals surface area contributed by atoms with Gasteiger partial charge in [-0.15, -0.1) is 0 Å². The summed E-state index contributed by atoms with van der Waals surface area (Å²) in [5.74, 6) is -0.184. The molecule has 0 aromatic heterocycles. The number of carbonyl (C=O) groups is 3. The van der Waals surface area contributed by atoms with Crippen LogP contribution in [0, 0.1) is 0 Å². The van der Waals surface area contributed by atoms with Gasteiger partial charge in [-0.25, -0.2) is 0 Å². The van der Waals surface area contributed by atoms with Crippen LogP contribution < -0.4 is 4.74 Å². The largest absolute Gasteiger partial charge is 0.489 e. The van der Waals surface area contributed by atoms with Crippen molar-refractivity contribution in [2.45, 2.75) is 35.6 Å². The highest BCUT2D eigenvalue weighted by Crippen LogP contribution is 2.57. The number of carbonyl (C=O) groups excluding carboxylic acids is 3. The maximum atomic E-state index is 13.8. The van der Waals surface area contributed by atoms with Gasteiger partial charge in [0, 0.05) is 30.8 Å². The van der Waals surface area contributed by atoms with Crippen LogP contribution in [0.1, 0.15) is 27.0 Å². The molecular formula is C25H33B6N3O5. The SMILES string of the molecule is BN1C(=O)C(B)(B)C(B)(B)C(B)(N2Cc3c(OCc4ccc(CN5CCOCC5)cc4)cccc3C2=O)C1=O. The number of fused-ring (bicyclic) bond motifs is 1. The zero-order valence-electron chi connectivity index (χ0n) is 23.9. The lowest BCUT2D eigenvalue weighted by atomic mass is 9.21. The second kappa shape index (κ2) is 9.97. The Hall–Kier alpha value is -2.84.